The molecule has 0 atom stereocenters. The van der Waals surface area contributed by atoms with E-state index in [-0.39, 0.29) is 5.82 Å². The van der Waals surface area contributed by atoms with Crippen LogP contribution in [-0.4, -0.2) is 6.03 Å². The Hall–Kier alpha value is -2.83. The number of nitrogens with one attached hydrogen (secondary N) is 2. The molecule has 20 heavy (non-hydrogen) atoms. The molecule has 0 bridgehead atoms. The molecule has 0 radical (unpaired) electrons. The van der Waals surface area contributed by atoms with Crippen LogP contribution in [0.15, 0.2) is 58.8 Å². The number of nitrogens with zero attached hydrogens (tertiary/aromatic N) is 2. The molecule has 0 fully saturated rings. The normalized spacial score (nSPS) is 10.5. The van der Waals surface area contributed by atoms with E-state index >= 15 is 0 Å². The lowest BCUT2D eigenvalue weighted by atomic mass is 10.3. The van der Waals surface area contributed by atoms with E-state index in [0.717, 1.165) is 0 Å². The van der Waals surface area contributed by atoms with Crippen LogP contribution in [0.5, 0.6) is 0 Å². The largest absolute Gasteiger partial charge is 0.378 e. The standard InChI is InChI=1S/C13H10F2N4O/c14-9-1-5-11(6-2-9)16-18-13(20)19-17-12-7-3-10(15)4-8-12/h1-8,16H,(H,18,20). The van der Waals surface area contributed by atoms with Gasteiger partial charge in [-0.1, -0.05) is 5.11 Å². The molecule has 0 heterocycles. The Bertz CT molecular complexity index is 611. The van der Waals surface area contributed by atoms with Crippen LogP contribution in [0.25, 0.3) is 0 Å². The number of carbonyl (C=O) groups excluding carboxylic acids is 1. The number of rotatable bonds is 3. The van der Waals surface area contributed by atoms with Gasteiger partial charge < -0.3 is 0 Å². The average molecular weight is 276 g/mol. The minimum absolute atomic E-state index is 0.350. The molecule has 5 nitrogen and oxygen atoms in total. The van der Waals surface area contributed by atoms with E-state index < -0.39 is 11.8 Å². The lowest BCUT2D eigenvalue weighted by Crippen LogP contribution is -2.26. The Morgan fingerprint density at radius 3 is 2.05 bits per heavy atom. The molecule has 0 aliphatic heterocycles. The van der Waals surface area contributed by atoms with Crippen molar-refractivity contribution in [1.29, 1.82) is 0 Å². The molecule has 2 aromatic carbocycles. The van der Waals surface area contributed by atoms with Gasteiger partial charge in [0.2, 0.25) is 0 Å². The summed E-state index contributed by atoms with van der Waals surface area (Å²) in [6.07, 6.45) is 0. The van der Waals surface area contributed by atoms with Gasteiger partial charge >= 0.3 is 6.03 Å². The van der Waals surface area contributed by atoms with Crippen molar-refractivity contribution in [2.45, 2.75) is 0 Å². The molecule has 102 valence electrons. The highest BCUT2D eigenvalue weighted by atomic mass is 19.1. The highest BCUT2D eigenvalue weighted by Crippen LogP contribution is 2.12. The number of hydrogen-bond donors (Lipinski definition) is 2. The summed E-state index contributed by atoms with van der Waals surface area (Å²) in [5.74, 6) is -0.774. The Balaban J connectivity index is 1.86. The van der Waals surface area contributed by atoms with E-state index in [4.69, 9.17) is 0 Å². The van der Waals surface area contributed by atoms with Crippen molar-refractivity contribution in [2.24, 2.45) is 10.2 Å². The summed E-state index contributed by atoms with van der Waals surface area (Å²) in [7, 11) is 0. The summed E-state index contributed by atoms with van der Waals surface area (Å²) >= 11 is 0. The third-order valence-electron chi connectivity index (χ3n) is 2.24. The van der Waals surface area contributed by atoms with Crippen molar-refractivity contribution >= 4 is 17.4 Å². The number of anilines is 1. The average Bonchev–Trinajstić information content (AvgIpc) is 2.46. The second-order valence-electron chi connectivity index (χ2n) is 3.74. The number of amides is 2. The van der Waals surface area contributed by atoms with Gasteiger partial charge in [-0.25, -0.2) is 19.0 Å². The van der Waals surface area contributed by atoms with Gasteiger partial charge in [0.25, 0.3) is 0 Å². The maximum absolute atomic E-state index is 12.6. The first-order valence-electron chi connectivity index (χ1n) is 5.62. The van der Waals surface area contributed by atoms with E-state index in [2.05, 4.69) is 21.1 Å². The van der Waals surface area contributed by atoms with Gasteiger partial charge in [-0.05, 0) is 48.5 Å². The fraction of sp³-hybridized carbons (Fsp3) is 0. The zero-order chi connectivity index (χ0) is 14.4. The summed E-state index contributed by atoms with van der Waals surface area (Å²) < 4.78 is 25.3. The van der Waals surface area contributed by atoms with Gasteiger partial charge in [0.15, 0.2) is 0 Å². The smallest absolute Gasteiger partial charge is 0.297 e. The van der Waals surface area contributed by atoms with E-state index in [1.165, 1.54) is 48.5 Å². The Morgan fingerprint density at radius 1 is 0.900 bits per heavy atom. The van der Waals surface area contributed by atoms with Crippen molar-refractivity contribution in [3.63, 3.8) is 0 Å². The molecule has 0 saturated carbocycles. The van der Waals surface area contributed by atoms with Crippen LogP contribution >= 0.6 is 0 Å². The van der Waals surface area contributed by atoms with Crippen LogP contribution in [0.4, 0.5) is 25.0 Å². The molecule has 7 heteroatoms. The van der Waals surface area contributed by atoms with Crippen LogP contribution in [0.2, 0.25) is 0 Å². The number of benzene rings is 2. The lowest BCUT2D eigenvalue weighted by Gasteiger charge is -2.04. The Morgan fingerprint density at radius 2 is 1.45 bits per heavy atom. The number of azo groups is 1. The van der Waals surface area contributed by atoms with Gasteiger partial charge in [0, 0.05) is 0 Å². The molecule has 0 spiro atoms. The maximum atomic E-state index is 12.6. The minimum atomic E-state index is -0.737. The molecule has 0 unspecified atom stereocenters. The van der Waals surface area contributed by atoms with Gasteiger partial charge in [-0.3, -0.25) is 5.43 Å². The number of hydrazine groups is 1. The molecule has 0 saturated heterocycles. The summed E-state index contributed by atoms with van der Waals surface area (Å²) in [5.41, 5.74) is 5.64. The number of halogens is 2. The molecule has 2 amide bonds. The maximum Gasteiger partial charge on any atom is 0.378 e. The summed E-state index contributed by atoms with van der Waals surface area (Å²) in [4.78, 5) is 11.3. The topological polar surface area (TPSA) is 65.8 Å². The summed E-state index contributed by atoms with van der Waals surface area (Å²) in [6.45, 7) is 0. The molecule has 2 aromatic rings. The third kappa shape index (κ3) is 4.13. The molecule has 0 aliphatic rings. The Labute approximate surface area is 113 Å². The fourth-order valence-electron chi connectivity index (χ4n) is 1.29. The zero-order valence-corrected chi connectivity index (χ0v) is 10.2. The molecular formula is C13H10F2N4O. The third-order valence-corrected chi connectivity index (χ3v) is 2.24. The van der Waals surface area contributed by atoms with E-state index in [1.54, 1.807) is 0 Å². The van der Waals surface area contributed by atoms with Gasteiger partial charge in [0.05, 0.1) is 11.4 Å². The van der Waals surface area contributed by atoms with Crippen LogP contribution in [0.3, 0.4) is 0 Å². The molecule has 2 N–H and O–H groups in total. The predicted octanol–water partition coefficient (Wildman–Crippen LogP) is 3.79. The number of urea groups is 1. The lowest BCUT2D eigenvalue weighted by molar-refractivity contribution is 0.249. The van der Waals surface area contributed by atoms with Crippen molar-refractivity contribution < 1.29 is 13.6 Å². The predicted molar refractivity (Wildman–Crippen MR) is 69.5 cm³/mol. The van der Waals surface area contributed by atoms with Gasteiger partial charge in [-0.2, -0.15) is 0 Å². The van der Waals surface area contributed by atoms with E-state index in [9.17, 15) is 13.6 Å². The minimum Gasteiger partial charge on any atom is -0.297 e. The Kier molecular flexibility index (Phi) is 4.33. The van der Waals surface area contributed by atoms with Crippen LogP contribution in [-0.2, 0) is 0 Å². The first-order valence-corrected chi connectivity index (χ1v) is 5.62. The van der Waals surface area contributed by atoms with E-state index in [0.29, 0.717) is 11.4 Å². The second kappa shape index (κ2) is 6.37. The number of carbonyl (C=O) groups is 1. The SMILES string of the molecule is O=C(N=Nc1ccc(F)cc1)NNc1ccc(F)cc1. The number of hydrogen-bond acceptors (Lipinski definition) is 3. The molecular weight excluding hydrogens is 266 g/mol. The van der Waals surface area contributed by atoms with Crippen molar-refractivity contribution in [1.82, 2.24) is 5.43 Å². The fourth-order valence-corrected chi connectivity index (χ4v) is 1.29. The second-order valence-corrected chi connectivity index (χ2v) is 3.74. The van der Waals surface area contributed by atoms with Gasteiger partial charge in [0.1, 0.15) is 11.6 Å². The zero-order valence-electron chi connectivity index (χ0n) is 10.2. The monoisotopic (exact) mass is 276 g/mol. The quantitative estimate of drug-likeness (QED) is 0.661. The highest BCUT2D eigenvalue weighted by molar-refractivity contribution is 5.76. The summed E-state index contributed by atoms with van der Waals surface area (Å²) in [6, 6.07) is 9.85. The first-order chi connectivity index (χ1) is 9.63. The molecule has 0 aliphatic carbocycles. The van der Waals surface area contributed by atoms with Crippen LogP contribution < -0.4 is 10.9 Å². The highest BCUT2D eigenvalue weighted by Gasteiger charge is 1.98. The molecule has 0 aromatic heterocycles. The summed E-state index contributed by atoms with van der Waals surface area (Å²) in [5, 5.41) is 6.99. The van der Waals surface area contributed by atoms with Crippen molar-refractivity contribution in [3.05, 3.63) is 60.2 Å². The first kappa shape index (κ1) is 13.6. The molecule has 2 rings (SSSR count). The van der Waals surface area contributed by atoms with Crippen LogP contribution in [0, 0.1) is 11.6 Å². The van der Waals surface area contributed by atoms with Crippen molar-refractivity contribution in [2.75, 3.05) is 5.43 Å². The van der Waals surface area contributed by atoms with Gasteiger partial charge in [-0.15, -0.1) is 5.11 Å². The van der Waals surface area contributed by atoms with Crippen molar-refractivity contribution in [3.8, 4) is 0 Å². The van der Waals surface area contributed by atoms with E-state index in [1.807, 2.05) is 0 Å². The van der Waals surface area contributed by atoms with Crippen LogP contribution in [0.1, 0.15) is 0 Å².